The van der Waals surface area contributed by atoms with Crippen molar-refractivity contribution < 1.29 is 13.9 Å². The first-order valence-corrected chi connectivity index (χ1v) is 7.41. The Morgan fingerprint density at radius 3 is 2.59 bits per heavy atom. The summed E-state index contributed by atoms with van der Waals surface area (Å²) in [5.74, 6) is -0.422. The number of benzene rings is 2. The number of halogens is 1. The molecule has 0 unspecified atom stereocenters. The maximum absolute atomic E-state index is 12.9. The van der Waals surface area contributed by atoms with Gasteiger partial charge in [0.05, 0.1) is 6.61 Å². The van der Waals surface area contributed by atoms with E-state index < -0.39 is 0 Å². The molecule has 0 atom stereocenters. The number of rotatable bonds is 7. The number of anilines is 1. The highest BCUT2D eigenvalue weighted by Crippen LogP contribution is 2.18. The van der Waals surface area contributed by atoms with E-state index in [9.17, 15) is 9.18 Å². The van der Waals surface area contributed by atoms with Crippen molar-refractivity contribution in [3.63, 3.8) is 0 Å². The molecular weight excluding hydrogens is 281 g/mol. The first kappa shape index (κ1) is 16.0. The lowest BCUT2D eigenvalue weighted by Gasteiger charge is -2.12. The van der Waals surface area contributed by atoms with Crippen molar-refractivity contribution in [3.8, 4) is 0 Å². The van der Waals surface area contributed by atoms with Gasteiger partial charge in [0.25, 0.3) is 0 Å². The molecule has 2 rings (SSSR count). The average molecular weight is 301 g/mol. The van der Waals surface area contributed by atoms with Gasteiger partial charge in [0.1, 0.15) is 5.82 Å². The molecule has 0 aliphatic carbocycles. The van der Waals surface area contributed by atoms with Crippen LogP contribution in [0.3, 0.4) is 0 Å². The molecule has 3 nitrogen and oxygen atoms in total. The van der Waals surface area contributed by atoms with Gasteiger partial charge in [0.2, 0.25) is 0 Å². The monoisotopic (exact) mass is 301 g/mol. The van der Waals surface area contributed by atoms with Crippen LogP contribution in [0, 0.1) is 5.82 Å². The minimum Gasteiger partial charge on any atom is -0.466 e. The van der Waals surface area contributed by atoms with Crippen molar-refractivity contribution in [1.82, 2.24) is 0 Å². The summed E-state index contributed by atoms with van der Waals surface area (Å²) in [5.41, 5.74) is 3.05. The number of esters is 1. The summed E-state index contributed by atoms with van der Waals surface area (Å²) >= 11 is 0. The largest absolute Gasteiger partial charge is 0.466 e. The number of hydrogen-bond acceptors (Lipinski definition) is 3. The van der Waals surface area contributed by atoms with Crippen molar-refractivity contribution in [1.29, 1.82) is 0 Å². The van der Waals surface area contributed by atoms with Crippen molar-refractivity contribution in [2.24, 2.45) is 0 Å². The van der Waals surface area contributed by atoms with Crippen LogP contribution >= 0.6 is 0 Å². The first-order chi connectivity index (χ1) is 10.7. The number of nitrogens with one attached hydrogen (secondary N) is 1. The molecule has 0 saturated carbocycles. The Kier molecular flexibility index (Phi) is 5.95. The van der Waals surface area contributed by atoms with Gasteiger partial charge in [0, 0.05) is 18.7 Å². The lowest BCUT2D eigenvalue weighted by molar-refractivity contribution is -0.143. The minimum absolute atomic E-state index is 0.184. The molecule has 0 spiro atoms. The Hall–Kier alpha value is -2.36. The highest BCUT2D eigenvalue weighted by atomic mass is 19.1. The summed E-state index contributed by atoms with van der Waals surface area (Å²) in [6.45, 7) is 2.82. The molecule has 116 valence electrons. The van der Waals surface area contributed by atoms with Gasteiger partial charge in [-0.25, -0.2) is 4.39 Å². The summed E-state index contributed by atoms with van der Waals surface area (Å²) in [7, 11) is 0. The second kappa shape index (κ2) is 8.17. The zero-order valence-corrected chi connectivity index (χ0v) is 12.6. The summed E-state index contributed by atoms with van der Waals surface area (Å²) in [6.07, 6.45) is 0.995. The normalized spacial score (nSPS) is 10.3. The molecule has 0 aromatic heterocycles. The fraction of sp³-hybridized carbons (Fsp3) is 0.278. The predicted octanol–water partition coefficient (Wildman–Crippen LogP) is 3.93. The van der Waals surface area contributed by atoms with Crippen LogP contribution in [0.1, 0.15) is 24.5 Å². The van der Waals surface area contributed by atoms with E-state index in [0.29, 0.717) is 26.0 Å². The zero-order chi connectivity index (χ0) is 15.8. The van der Waals surface area contributed by atoms with Crippen LogP contribution in [0.15, 0.2) is 48.5 Å². The number of carbonyl (C=O) groups excluding carboxylic acids is 1. The lowest BCUT2D eigenvalue weighted by atomic mass is 10.1. The van der Waals surface area contributed by atoms with Gasteiger partial charge >= 0.3 is 5.97 Å². The maximum Gasteiger partial charge on any atom is 0.306 e. The van der Waals surface area contributed by atoms with Gasteiger partial charge in [-0.05, 0) is 42.7 Å². The number of aryl methyl sites for hydroxylation is 1. The minimum atomic E-state index is -0.237. The van der Waals surface area contributed by atoms with Gasteiger partial charge in [-0.15, -0.1) is 0 Å². The Morgan fingerprint density at radius 1 is 1.14 bits per heavy atom. The van der Waals surface area contributed by atoms with E-state index in [1.165, 1.54) is 12.1 Å². The van der Waals surface area contributed by atoms with E-state index in [-0.39, 0.29) is 11.8 Å². The van der Waals surface area contributed by atoms with Crippen molar-refractivity contribution in [3.05, 3.63) is 65.5 Å². The third kappa shape index (κ3) is 4.88. The second-order valence-electron chi connectivity index (χ2n) is 4.94. The van der Waals surface area contributed by atoms with E-state index in [4.69, 9.17) is 4.74 Å². The molecule has 2 aromatic rings. The summed E-state index contributed by atoms with van der Waals surface area (Å²) in [4.78, 5) is 11.5. The highest BCUT2D eigenvalue weighted by molar-refractivity contribution is 5.70. The smallest absolute Gasteiger partial charge is 0.306 e. The molecule has 4 heteroatoms. The fourth-order valence-electron chi connectivity index (χ4n) is 2.18. The van der Waals surface area contributed by atoms with Gasteiger partial charge in [0.15, 0.2) is 0 Å². The third-order valence-electron chi connectivity index (χ3n) is 3.32. The molecule has 22 heavy (non-hydrogen) atoms. The van der Waals surface area contributed by atoms with Crippen molar-refractivity contribution >= 4 is 11.7 Å². The first-order valence-electron chi connectivity index (χ1n) is 7.41. The number of hydrogen-bond donors (Lipinski definition) is 1. The van der Waals surface area contributed by atoms with E-state index in [1.807, 2.05) is 24.3 Å². The zero-order valence-electron chi connectivity index (χ0n) is 12.6. The molecule has 0 amide bonds. The maximum atomic E-state index is 12.9. The summed E-state index contributed by atoms with van der Waals surface area (Å²) in [6, 6.07) is 14.3. The van der Waals surface area contributed by atoms with E-state index in [1.54, 1.807) is 19.1 Å². The molecule has 0 saturated heterocycles. The topological polar surface area (TPSA) is 38.3 Å². The Morgan fingerprint density at radius 2 is 1.86 bits per heavy atom. The predicted molar refractivity (Wildman–Crippen MR) is 85.1 cm³/mol. The summed E-state index contributed by atoms with van der Waals surface area (Å²) < 4.78 is 17.8. The Labute approximate surface area is 130 Å². The van der Waals surface area contributed by atoms with Crippen molar-refractivity contribution in [2.45, 2.75) is 26.3 Å². The SMILES string of the molecule is CCOC(=O)CCc1ccccc1NCc1ccc(F)cc1. The van der Waals surface area contributed by atoms with Crippen LogP contribution in [0.4, 0.5) is 10.1 Å². The second-order valence-corrected chi connectivity index (χ2v) is 4.94. The number of carbonyl (C=O) groups is 1. The number of ether oxygens (including phenoxy) is 1. The van der Waals surface area contributed by atoms with Crippen LogP contribution in [0.5, 0.6) is 0 Å². The quantitative estimate of drug-likeness (QED) is 0.787. The standard InChI is InChI=1S/C18H20FNO2/c1-2-22-18(21)12-9-15-5-3-4-6-17(15)20-13-14-7-10-16(19)11-8-14/h3-8,10-11,20H,2,9,12-13H2,1H3. The van der Waals surface area contributed by atoms with Gasteiger partial charge in [-0.2, -0.15) is 0 Å². The van der Waals surface area contributed by atoms with Crippen LogP contribution in [0.2, 0.25) is 0 Å². The molecule has 0 heterocycles. The van der Waals surface area contributed by atoms with Crippen LogP contribution in [-0.2, 0) is 22.5 Å². The van der Waals surface area contributed by atoms with Crippen molar-refractivity contribution in [2.75, 3.05) is 11.9 Å². The van der Waals surface area contributed by atoms with Gasteiger partial charge < -0.3 is 10.1 Å². The molecule has 0 radical (unpaired) electrons. The fourth-order valence-corrected chi connectivity index (χ4v) is 2.18. The van der Waals surface area contributed by atoms with E-state index >= 15 is 0 Å². The molecule has 0 aliphatic rings. The lowest BCUT2D eigenvalue weighted by Crippen LogP contribution is -2.07. The molecule has 1 N–H and O–H groups in total. The Balaban J connectivity index is 1.95. The Bertz CT molecular complexity index is 611. The van der Waals surface area contributed by atoms with Gasteiger partial charge in [-0.1, -0.05) is 30.3 Å². The number of para-hydroxylation sites is 1. The molecule has 0 fully saturated rings. The van der Waals surface area contributed by atoms with E-state index in [2.05, 4.69) is 5.32 Å². The molecular formula is C18H20FNO2. The third-order valence-corrected chi connectivity index (χ3v) is 3.32. The van der Waals surface area contributed by atoms with E-state index in [0.717, 1.165) is 16.8 Å². The summed E-state index contributed by atoms with van der Waals surface area (Å²) in [5, 5.41) is 3.33. The van der Waals surface area contributed by atoms with Crippen LogP contribution in [-0.4, -0.2) is 12.6 Å². The average Bonchev–Trinajstić information content (AvgIpc) is 2.53. The molecule has 2 aromatic carbocycles. The molecule has 0 bridgehead atoms. The molecule has 0 aliphatic heterocycles. The highest BCUT2D eigenvalue weighted by Gasteiger charge is 2.06. The van der Waals surface area contributed by atoms with Crippen LogP contribution < -0.4 is 5.32 Å². The van der Waals surface area contributed by atoms with Gasteiger partial charge in [-0.3, -0.25) is 4.79 Å². The van der Waals surface area contributed by atoms with Crippen LogP contribution in [0.25, 0.3) is 0 Å².